The second-order valence-corrected chi connectivity index (χ2v) is 4.83. The Morgan fingerprint density at radius 3 is 0.533 bits per heavy atom. The van der Waals surface area contributed by atoms with Crippen LogP contribution in [0.5, 0.6) is 0 Å². The molecule has 0 aromatic carbocycles. The van der Waals surface area contributed by atoms with Crippen LogP contribution in [0, 0.1) is 0 Å². The summed E-state index contributed by atoms with van der Waals surface area (Å²) in [6.45, 7) is 0. The molecule has 15 heavy (non-hydrogen) atoms. The fourth-order valence-corrected chi connectivity index (χ4v) is 0. The summed E-state index contributed by atoms with van der Waals surface area (Å²) in [6, 6.07) is 0. The van der Waals surface area contributed by atoms with Gasteiger partial charge in [0.25, 0.3) is 0 Å². The van der Waals surface area contributed by atoms with E-state index in [1.165, 1.54) is 0 Å². The molecule has 0 aliphatic heterocycles. The topological polar surface area (TPSA) is 221 Å². The Labute approximate surface area is 123 Å². The van der Waals surface area contributed by atoms with Crippen LogP contribution in [-0.2, 0) is 98.3 Å². The zero-order chi connectivity index (χ0) is 9.00. The van der Waals surface area contributed by atoms with Crippen LogP contribution in [0.3, 0.4) is 0 Å². The van der Waals surface area contributed by atoms with Crippen molar-refractivity contribution in [3.8, 4) is 0 Å². The van der Waals surface area contributed by atoms with Crippen molar-refractivity contribution < 1.29 is 124 Å². The second-order valence-electron chi connectivity index (χ2n) is 0.816. The van der Waals surface area contributed by atoms with Crippen molar-refractivity contribution in [2.45, 2.75) is 0 Å². The minimum atomic E-state index is -6.02. The second kappa shape index (κ2) is 18.3. The van der Waals surface area contributed by atoms with Gasteiger partial charge in [0.2, 0.25) is 0 Å². The number of rotatable bonds is 0. The Kier molecular flexibility index (Phi) is 53.1. The molecule has 0 aliphatic carbocycles. The fourth-order valence-electron chi connectivity index (χ4n) is 0. The van der Waals surface area contributed by atoms with E-state index >= 15 is 0 Å². The van der Waals surface area contributed by atoms with Gasteiger partial charge in [-0.15, -0.1) is 0 Å². The van der Waals surface area contributed by atoms with E-state index in [1.54, 1.807) is 0 Å². The molecule has 0 saturated carbocycles. The third kappa shape index (κ3) is 855. The molecule has 0 bridgehead atoms. The molecule has 0 atom stereocenters. The molecule has 0 radical (unpaired) electrons. The predicted octanol–water partition coefficient (Wildman–Crippen LogP) is -5.60. The summed E-state index contributed by atoms with van der Waals surface area (Å²) in [6.07, 6.45) is 0. The summed E-state index contributed by atoms with van der Waals surface area (Å²) >= 11 is -12.0. The quantitative estimate of drug-likeness (QED) is 0.275. The molecule has 0 heterocycles. The van der Waals surface area contributed by atoms with Crippen molar-refractivity contribution in [3.05, 3.63) is 0 Å². The summed E-state index contributed by atoms with van der Waals surface area (Å²) in [7, 11) is 0. The molecule has 10 nitrogen and oxygen atoms in total. The standard InChI is InChI=1S/3Fe.2Mo.2H2O.8O/h;;;;;2*1H2;;;;;;;;/q3*+2;;;;;;;;;4*-1/p-2. The maximum atomic E-state index is 8.63. The molecular weight excluding hydrogens is 519 g/mol. The summed E-state index contributed by atoms with van der Waals surface area (Å²) < 4.78 is 69.0. The van der Waals surface area contributed by atoms with Gasteiger partial charge < -0.3 is 11.0 Å². The SMILES string of the molecule is [Fe+2].[Fe+2].[Fe+2].[OH-].[OH-].[O]=[Mo](=[O])([O-])[O-].[O]=[Mo](=[O])([O-])[O-]. The van der Waals surface area contributed by atoms with Crippen molar-refractivity contribution in [3.63, 3.8) is 0 Å². The van der Waals surface area contributed by atoms with Crippen molar-refractivity contribution in [1.82, 2.24) is 0 Å². The molecule has 0 saturated heterocycles. The predicted molar refractivity (Wildman–Crippen MR) is 6.62 cm³/mol. The van der Waals surface area contributed by atoms with E-state index in [2.05, 4.69) is 0 Å². The molecule has 0 fully saturated rings. The number of hydrogen-bond acceptors (Lipinski definition) is 10. The van der Waals surface area contributed by atoms with Crippen molar-refractivity contribution in [2.24, 2.45) is 0 Å². The summed E-state index contributed by atoms with van der Waals surface area (Å²) in [5.41, 5.74) is 0. The Hall–Kier alpha value is 1.90. The van der Waals surface area contributed by atoms with Crippen LogP contribution in [0.1, 0.15) is 0 Å². The average molecular weight is 521 g/mol. The Morgan fingerprint density at radius 1 is 0.533 bits per heavy atom. The van der Waals surface area contributed by atoms with Gasteiger partial charge in [-0.1, -0.05) is 0 Å². The zero-order valence-corrected chi connectivity index (χ0v) is 13.4. The van der Waals surface area contributed by atoms with E-state index in [-0.39, 0.29) is 62.2 Å². The van der Waals surface area contributed by atoms with E-state index in [0.717, 1.165) is 0 Å². The van der Waals surface area contributed by atoms with Gasteiger partial charge in [0.15, 0.2) is 0 Å². The normalized spacial score (nSPS) is 7.73. The van der Waals surface area contributed by atoms with Gasteiger partial charge >= 0.3 is 113 Å². The third-order valence-corrected chi connectivity index (χ3v) is 0. The summed E-state index contributed by atoms with van der Waals surface area (Å²) in [4.78, 5) is 0. The molecule has 15 heteroatoms. The van der Waals surface area contributed by atoms with Crippen LogP contribution >= 0.6 is 0 Å². The molecule has 0 rings (SSSR count). The first-order valence-electron chi connectivity index (χ1n) is 1.33. The monoisotopic (exact) mass is 526 g/mol. The third-order valence-electron chi connectivity index (χ3n) is 0. The summed E-state index contributed by atoms with van der Waals surface area (Å²) in [5, 5.41) is 0. The van der Waals surface area contributed by atoms with E-state index in [4.69, 9.17) is 28.6 Å². The van der Waals surface area contributed by atoms with Crippen LogP contribution in [0.25, 0.3) is 0 Å². The van der Waals surface area contributed by atoms with Crippen molar-refractivity contribution in [2.75, 3.05) is 0 Å². The molecule has 0 unspecified atom stereocenters. The Bertz CT molecular complexity index is 215. The van der Waals surface area contributed by atoms with Gasteiger partial charge in [0.05, 0.1) is 0 Å². The van der Waals surface area contributed by atoms with Crippen LogP contribution in [0.4, 0.5) is 0 Å². The van der Waals surface area contributed by atoms with Gasteiger partial charge in [0, 0.05) is 0 Å². The molecule has 0 spiro atoms. The van der Waals surface area contributed by atoms with E-state index in [9.17, 15) is 0 Å². The van der Waals surface area contributed by atoms with Gasteiger partial charge in [-0.2, -0.15) is 0 Å². The van der Waals surface area contributed by atoms with Crippen molar-refractivity contribution in [1.29, 1.82) is 0 Å². The fraction of sp³-hybridized carbons (Fsp3) is 0. The first-order chi connectivity index (χ1) is 4.00. The molecule has 0 aromatic rings. The first kappa shape index (κ1) is 43.6. The molecule has 0 amide bonds. The molecule has 98 valence electrons. The molecule has 2 N–H and O–H groups in total. The molecule has 0 aromatic heterocycles. The van der Waals surface area contributed by atoms with Crippen LogP contribution < -0.4 is 15.0 Å². The van der Waals surface area contributed by atoms with E-state index in [0.29, 0.717) is 0 Å². The minimum absolute atomic E-state index is 0. The molecule has 0 aliphatic rings. The van der Waals surface area contributed by atoms with Crippen molar-refractivity contribution >= 4 is 0 Å². The van der Waals surface area contributed by atoms with Gasteiger partial charge in [0.1, 0.15) is 0 Å². The summed E-state index contributed by atoms with van der Waals surface area (Å²) in [5.74, 6) is 0. The maximum absolute atomic E-state index is 8.63. The number of hydrogen-bond donors (Lipinski definition) is 0. The van der Waals surface area contributed by atoms with Crippen LogP contribution in [0.15, 0.2) is 0 Å². The van der Waals surface area contributed by atoms with Gasteiger partial charge in [-0.05, 0) is 0 Å². The van der Waals surface area contributed by atoms with Gasteiger partial charge in [-0.3, -0.25) is 0 Å². The molecular formula is H2Fe3Mo2O10. The van der Waals surface area contributed by atoms with Crippen LogP contribution in [0.2, 0.25) is 0 Å². The van der Waals surface area contributed by atoms with E-state index in [1.807, 2.05) is 0 Å². The zero-order valence-electron chi connectivity index (χ0n) is 6.04. The van der Waals surface area contributed by atoms with Gasteiger partial charge in [-0.25, -0.2) is 0 Å². The average Bonchev–Trinajstić information content (AvgIpc) is 1.12. The van der Waals surface area contributed by atoms with Crippen LogP contribution in [-0.4, -0.2) is 11.0 Å². The Morgan fingerprint density at radius 2 is 0.533 bits per heavy atom. The first-order valence-corrected chi connectivity index (χ1v) is 7.89. The Balaban J connectivity index is -0.0000000128. The van der Waals surface area contributed by atoms with E-state index < -0.39 is 33.5 Å².